The van der Waals surface area contributed by atoms with Crippen molar-refractivity contribution in [1.29, 1.82) is 0 Å². The predicted molar refractivity (Wildman–Crippen MR) is 153 cm³/mol. The fourth-order valence-electron chi connectivity index (χ4n) is 4.75. The monoisotopic (exact) mass is 513 g/mol. The second kappa shape index (κ2) is 11.1. The molecule has 38 heavy (non-hydrogen) atoms. The van der Waals surface area contributed by atoms with Gasteiger partial charge in [-0.1, -0.05) is 52.0 Å². The van der Waals surface area contributed by atoms with Crippen molar-refractivity contribution in [1.82, 2.24) is 0 Å². The number of ether oxygens (including phenoxy) is 2. The SMILES string of the molecule is COc1ccc(-c2oc3cc(C)cc(C)c3c(=O)c2OCC(=O)Nc2c(C(C)C)cccc2C(C)C)cc1. The van der Waals surface area contributed by atoms with E-state index in [1.807, 2.05) is 44.2 Å². The highest BCUT2D eigenvalue weighted by molar-refractivity contribution is 5.94. The van der Waals surface area contributed by atoms with Gasteiger partial charge < -0.3 is 19.2 Å². The van der Waals surface area contributed by atoms with E-state index in [9.17, 15) is 9.59 Å². The van der Waals surface area contributed by atoms with Gasteiger partial charge in [-0.15, -0.1) is 0 Å². The van der Waals surface area contributed by atoms with E-state index in [-0.39, 0.29) is 41.3 Å². The number of methoxy groups -OCH3 is 1. The molecule has 0 unspecified atom stereocenters. The number of nitrogens with one attached hydrogen (secondary N) is 1. The van der Waals surface area contributed by atoms with E-state index in [1.54, 1.807) is 31.4 Å². The molecule has 6 nitrogen and oxygen atoms in total. The quantitative estimate of drug-likeness (QED) is 0.266. The lowest BCUT2D eigenvalue weighted by atomic mass is 9.92. The summed E-state index contributed by atoms with van der Waals surface area (Å²) in [5.41, 5.74) is 5.49. The van der Waals surface area contributed by atoms with Crippen LogP contribution >= 0.6 is 0 Å². The van der Waals surface area contributed by atoms with Crippen molar-refractivity contribution < 1.29 is 18.7 Å². The zero-order chi connectivity index (χ0) is 27.6. The first-order chi connectivity index (χ1) is 18.1. The van der Waals surface area contributed by atoms with Crippen LogP contribution < -0.4 is 20.2 Å². The molecule has 3 aromatic carbocycles. The van der Waals surface area contributed by atoms with Gasteiger partial charge in [-0.2, -0.15) is 0 Å². The summed E-state index contributed by atoms with van der Waals surface area (Å²) in [5.74, 6) is 1.06. The molecule has 4 aromatic rings. The molecule has 0 saturated carbocycles. The summed E-state index contributed by atoms with van der Waals surface area (Å²) in [6.45, 7) is 11.9. The molecule has 1 amide bonds. The molecule has 1 heterocycles. The topological polar surface area (TPSA) is 77.8 Å². The molecule has 0 radical (unpaired) electrons. The minimum Gasteiger partial charge on any atom is -0.497 e. The van der Waals surface area contributed by atoms with E-state index in [2.05, 4.69) is 33.0 Å². The molecular weight excluding hydrogens is 478 g/mol. The number of hydrogen-bond donors (Lipinski definition) is 1. The Bertz CT molecular complexity index is 1500. The lowest BCUT2D eigenvalue weighted by molar-refractivity contribution is -0.118. The third-order valence-electron chi connectivity index (χ3n) is 6.63. The van der Waals surface area contributed by atoms with Crippen molar-refractivity contribution in [2.45, 2.75) is 53.4 Å². The van der Waals surface area contributed by atoms with Crippen molar-refractivity contribution in [3.63, 3.8) is 0 Å². The Balaban J connectivity index is 1.73. The van der Waals surface area contributed by atoms with E-state index in [1.165, 1.54) is 0 Å². The average Bonchev–Trinajstić information content (AvgIpc) is 2.87. The zero-order valence-corrected chi connectivity index (χ0v) is 23.1. The van der Waals surface area contributed by atoms with Crippen molar-refractivity contribution in [2.24, 2.45) is 0 Å². The van der Waals surface area contributed by atoms with Gasteiger partial charge in [-0.25, -0.2) is 0 Å². The molecule has 0 aliphatic heterocycles. The lowest BCUT2D eigenvalue weighted by Gasteiger charge is -2.20. The second-order valence-electron chi connectivity index (χ2n) is 10.2. The van der Waals surface area contributed by atoms with Crippen LogP contribution in [0, 0.1) is 13.8 Å². The highest BCUT2D eigenvalue weighted by Crippen LogP contribution is 2.34. The number of aryl methyl sites for hydroxylation is 2. The van der Waals surface area contributed by atoms with Crippen LogP contribution in [0.4, 0.5) is 5.69 Å². The predicted octanol–water partition coefficient (Wildman–Crippen LogP) is 7.35. The van der Waals surface area contributed by atoms with Gasteiger partial charge in [0.1, 0.15) is 11.3 Å². The van der Waals surface area contributed by atoms with Gasteiger partial charge in [0.05, 0.1) is 12.5 Å². The minimum atomic E-state index is -0.346. The van der Waals surface area contributed by atoms with Crippen LogP contribution in [0.2, 0.25) is 0 Å². The molecule has 0 spiro atoms. The number of anilines is 1. The summed E-state index contributed by atoms with van der Waals surface area (Å²) < 4.78 is 17.5. The molecule has 1 aromatic heterocycles. The number of carbonyl (C=O) groups excluding carboxylic acids is 1. The second-order valence-corrected chi connectivity index (χ2v) is 10.2. The largest absolute Gasteiger partial charge is 0.497 e. The van der Waals surface area contributed by atoms with Crippen LogP contribution in [0.25, 0.3) is 22.3 Å². The summed E-state index contributed by atoms with van der Waals surface area (Å²) in [4.78, 5) is 26.9. The molecule has 4 rings (SSSR count). The van der Waals surface area contributed by atoms with Crippen LogP contribution in [0.15, 0.2) is 63.8 Å². The van der Waals surface area contributed by atoms with Gasteiger partial charge in [0.2, 0.25) is 11.2 Å². The van der Waals surface area contributed by atoms with E-state index >= 15 is 0 Å². The maximum Gasteiger partial charge on any atom is 0.262 e. The van der Waals surface area contributed by atoms with E-state index < -0.39 is 0 Å². The van der Waals surface area contributed by atoms with E-state index in [0.717, 1.165) is 27.9 Å². The number of para-hydroxylation sites is 1. The van der Waals surface area contributed by atoms with Crippen LogP contribution in [0.3, 0.4) is 0 Å². The number of benzene rings is 3. The lowest BCUT2D eigenvalue weighted by Crippen LogP contribution is -2.24. The fourth-order valence-corrected chi connectivity index (χ4v) is 4.75. The van der Waals surface area contributed by atoms with Crippen molar-refractivity contribution in [3.05, 3.63) is 87.1 Å². The van der Waals surface area contributed by atoms with Crippen LogP contribution in [0.1, 0.15) is 61.8 Å². The molecule has 0 saturated heterocycles. The molecule has 0 aliphatic rings. The Kier molecular flexibility index (Phi) is 7.91. The summed E-state index contributed by atoms with van der Waals surface area (Å²) in [7, 11) is 1.59. The molecule has 0 fully saturated rings. The van der Waals surface area contributed by atoms with E-state index in [0.29, 0.717) is 22.3 Å². The first kappa shape index (κ1) is 27.0. The minimum absolute atomic E-state index is 0.00555. The summed E-state index contributed by atoms with van der Waals surface area (Å²) >= 11 is 0. The molecule has 0 atom stereocenters. The molecular formula is C32H35NO5. The number of amides is 1. The maximum absolute atomic E-state index is 13.7. The molecule has 1 N–H and O–H groups in total. The third-order valence-corrected chi connectivity index (χ3v) is 6.63. The molecule has 6 heteroatoms. The average molecular weight is 514 g/mol. The standard InChI is InChI=1S/C32H35NO5/c1-18(2)24-9-8-10-25(19(3)4)29(24)33-27(34)17-37-32-30(35)28-21(6)15-20(5)16-26(28)38-31(32)22-11-13-23(36-7)14-12-22/h8-16,18-19H,17H2,1-7H3,(H,33,34). The molecule has 198 valence electrons. The van der Waals surface area contributed by atoms with Gasteiger partial charge in [0.25, 0.3) is 5.91 Å². The number of carbonyl (C=O) groups is 1. The first-order valence-corrected chi connectivity index (χ1v) is 12.9. The smallest absolute Gasteiger partial charge is 0.262 e. The van der Waals surface area contributed by atoms with Gasteiger partial charge in [-0.05, 0) is 78.3 Å². The van der Waals surface area contributed by atoms with Gasteiger partial charge in [0, 0.05) is 11.3 Å². The summed E-state index contributed by atoms with van der Waals surface area (Å²) in [6, 6.07) is 17.0. The normalized spacial score (nSPS) is 11.3. The van der Waals surface area contributed by atoms with Crippen molar-refractivity contribution in [3.8, 4) is 22.8 Å². The van der Waals surface area contributed by atoms with Crippen molar-refractivity contribution >= 4 is 22.6 Å². The van der Waals surface area contributed by atoms with Crippen LogP contribution in [0.5, 0.6) is 11.5 Å². The number of hydrogen-bond acceptors (Lipinski definition) is 5. The fraction of sp³-hybridized carbons (Fsp3) is 0.312. The zero-order valence-electron chi connectivity index (χ0n) is 23.1. The highest BCUT2D eigenvalue weighted by Gasteiger charge is 2.22. The van der Waals surface area contributed by atoms with Gasteiger partial charge in [-0.3, -0.25) is 9.59 Å². The van der Waals surface area contributed by atoms with Gasteiger partial charge in [0.15, 0.2) is 12.4 Å². The van der Waals surface area contributed by atoms with E-state index in [4.69, 9.17) is 13.9 Å². The Labute approximate surface area is 223 Å². The van der Waals surface area contributed by atoms with Crippen molar-refractivity contribution in [2.75, 3.05) is 19.0 Å². The Morgan fingerprint density at radius 2 is 1.58 bits per heavy atom. The Hall–Kier alpha value is -4.06. The first-order valence-electron chi connectivity index (χ1n) is 12.9. The molecule has 0 bridgehead atoms. The summed E-state index contributed by atoms with van der Waals surface area (Å²) in [5, 5.41) is 3.49. The highest BCUT2D eigenvalue weighted by atomic mass is 16.5. The summed E-state index contributed by atoms with van der Waals surface area (Å²) in [6.07, 6.45) is 0. The van der Waals surface area contributed by atoms with Crippen LogP contribution in [-0.2, 0) is 4.79 Å². The van der Waals surface area contributed by atoms with Crippen LogP contribution in [-0.4, -0.2) is 19.6 Å². The number of rotatable bonds is 8. The Morgan fingerprint density at radius 3 is 2.16 bits per heavy atom. The number of fused-ring (bicyclic) bond motifs is 1. The third kappa shape index (κ3) is 5.44. The maximum atomic E-state index is 13.7. The Morgan fingerprint density at radius 1 is 0.947 bits per heavy atom. The van der Waals surface area contributed by atoms with Gasteiger partial charge >= 0.3 is 0 Å². The molecule has 0 aliphatic carbocycles.